The molecule has 0 aliphatic carbocycles. The number of aliphatic hydroxyl groups is 1. The molecule has 112 valence electrons. The van der Waals surface area contributed by atoms with Crippen LogP contribution in [0.2, 0.25) is 0 Å². The topological polar surface area (TPSA) is 62.4 Å². The molecule has 4 heteroatoms. The highest BCUT2D eigenvalue weighted by molar-refractivity contribution is 5.12. The maximum Gasteiger partial charge on any atom is 0.0673 e. The van der Waals surface area contributed by atoms with E-state index < -0.39 is 0 Å². The second kappa shape index (κ2) is 7.72. The fourth-order valence-corrected chi connectivity index (χ4v) is 3.22. The SMILES string of the molecule is CCC(N)C(c1ccccn1)N1CCCC(CCO)C1. The van der Waals surface area contributed by atoms with Gasteiger partial charge in [-0.3, -0.25) is 9.88 Å². The normalized spacial score (nSPS) is 23.4. The minimum Gasteiger partial charge on any atom is -0.396 e. The molecule has 1 fully saturated rings. The molecule has 0 aromatic carbocycles. The van der Waals surface area contributed by atoms with Crippen LogP contribution in [0.25, 0.3) is 0 Å². The van der Waals surface area contributed by atoms with Gasteiger partial charge >= 0.3 is 0 Å². The van der Waals surface area contributed by atoms with E-state index >= 15 is 0 Å². The van der Waals surface area contributed by atoms with Crippen LogP contribution in [0.15, 0.2) is 24.4 Å². The van der Waals surface area contributed by atoms with Gasteiger partial charge in [0, 0.05) is 25.4 Å². The van der Waals surface area contributed by atoms with Crippen molar-refractivity contribution >= 4 is 0 Å². The van der Waals surface area contributed by atoms with Gasteiger partial charge in [-0.25, -0.2) is 0 Å². The Morgan fingerprint density at radius 1 is 1.50 bits per heavy atom. The molecule has 4 nitrogen and oxygen atoms in total. The lowest BCUT2D eigenvalue weighted by molar-refractivity contribution is 0.0910. The zero-order valence-corrected chi connectivity index (χ0v) is 12.4. The van der Waals surface area contributed by atoms with E-state index in [2.05, 4.69) is 22.9 Å². The molecule has 1 aliphatic heterocycles. The fraction of sp³-hybridized carbons (Fsp3) is 0.688. The molecule has 0 radical (unpaired) electrons. The van der Waals surface area contributed by atoms with Gasteiger partial charge in [0.25, 0.3) is 0 Å². The van der Waals surface area contributed by atoms with Gasteiger partial charge in [-0.1, -0.05) is 13.0 Å². The Morgan fingerprint density at radius 2 is 2.35 bits per heavy atom. The molecule has 2 rings (SSSR count). The maximum absolute atomic E-state index is 9.16. The second-order valence-electron chi connectivity index (χ2n) is 5.79. The molecule has 0 amide bonds. The summed E-state index contributed by atoms with van der Waals surface area (Å²) in [5.74, 6) is 0.587. The lowest BCUT2D eigenvalue weighted by Gasteiger charge is -2.40. The van der Waals surface area contributed by atoms with E-state index in [1.165, 1.54) is 12.8 Å². The summed E-state index contributed by atoms with van der Waals surface area (Å²) < 4.78 is 0. The summed E-state index contributed by atoms with van der Waals surface area (Å²) in [5, 5.41) is 9.16. The zero-order valence-electron chi connectivity index (χ0n) is 12.4. The number of aromatic nitrogens is 1. The van der Waals surface area contributed by atoms with Crippen LogP contribution in [0.5, 0.6) is 0 Å². The molecule has 0 bridgehead atoms. The smallest absolute Gasteiger partial charge is 0.0673 e. The van der Waals surface area contributed by atoms with Crippen molar-refractivity contribution in [3.8, 4) is 0 Å². The highest BCUT2D eigenvalue weighted by atomic mass is 16.3. The molecule has 1 aromatic heterocycles. The summed E-state index contributed by atoms with van der Waals surface area (Å²) >= 11 is 0. The molecule has 0 saturated carbocycles. The standard InChI is InChI=1S/C16H27N3O/c1-2-14(17)16(15-7-3-4-9-18-15)19-10-5-6-13(12-19)8-11-20/h3-4,7,9,13-14,16,20H,2,5-6,8,10-12,17H2,1H3. The highest BCUT2D eigenvalue weighted by Gasteiger charge is 2.30. The second-order valence-corrected chi connectivity index (χ2v) is 5.79. The third-order valence-corrected chi connectivity index (χ3v) is 4.35. The number of nitrogens with zero attached hydrogens (tertiary/aromatic N) is 2. The Hall–Kier alpha value is -0.970. The van der Waals surface area contributed by atoms with Crippen molar-refractivity contribution < 1.29 is 5.11 Å². The van der Waals surface area contributed by atoms with Crippen molar-refractivity contribution in [3.05, 3.63) is 30.1 Å². The van der Waals surface area contributed by atoms with Crippen molar-refractivity contribution in [2.24, 2.45) is 11.7 Å². The van der Waals surface area contributed by atoms with Crippen LogP contribution < -0.4 is 5.73 Å². The van der Waals surface area contributed by atoms with Crippen molar-refractivity contribution in [2.45, 2.75) is 44.7 Å². The molecule has 20 heavy (non-hydrogen) atoms. The predicted octanol–water partition coefficient (Wildman–Crippen LogP) is 1.95. The number of rotatable bonds is 6. The minimum absolute atomic E-state index is 0.109. The number of pyridine rings is 1. The Balaban J connectivity index is 2.14. The molecule has 0 spiro atoms. The van der Waals surface area contributed by atoms with Gasteiger partial charge in [-0.05, 0) is 50.3 Å². The van der Waals surface area contributed by atoms with Crippen molar-refractivity contribution in [2.75, 3.05) is 19.7 Å². The van der Waals surface area contributed by atoms with Crippen molar-refractivity contribution in [1.29, 1.82) is 0 Å². The first-order chi connectivity index (χ1) is 9.76. The zero-order chi connectivity index (χ0) is 14.4. The Morgan fingerprint density at radius 3 is 3.00 bits per heavy atom. The summed E-state index contributed by atoms with van der Waals surface area (Å²) in [6.07, 6.45) is 6.09. The van der Waals surface area contributed by atoms with Gasteiger partial charge < -0.3 is 10.8 Å². The van der Waals surface area contributed by atoms with Gasteiger partial charge in [-0.2, -0.15) is 0 Å². The van der Waals surface area contributed by atoms with Crippen molar-refractivity contribution in [3.63, 3.8) is 0 Å². The molecule has 1 saturated heterocycles. The number of hydrogen-bond donors (Lipinski definition) is 2. The lowest BCUT2D eigenvalue weighted by atomic mass is 9.91. The van der Waals surface area contributed by atoms with Crippen LogP contribution in [-0.2, 0) is 0 Å². The fourth-order valence-electron chi connectivity index (χ4n) is 3.22. The first-order valence-corrected chi connectivity index (χ1v) is 7.77. The first kappa shape index (κ1) is 15.4. The van der Waals surface area contributed by atoms with Crippen LogP contribution in [0.3, 0.4) is 0 Å². The average Bonchev–Trinajstić information content (AvgIpc) is 2.49. The van der Waals surface area contributed by atoms with Crippen LogP contribution in [-0.4, -0.2) is 40.7 Å². The van der Waals surface area contributed by atoms with E-state index in [1.54, 1.807) is 0 Å². The summed E-state index contributed by atoms with van der Waals surface area (Å²) in [5.41, 5.74) is 7.44. The van der Waals surface area contributed by atoms with Gasteiger partial charge in [0.05, 0.1) is 11.7 Å². The number of hydrogen-bond acceptors (Lipinski definition) is 4. The van der Waals surface area contributed by atoms with Crippen LogP contribution in [0.1, 0.15) is 44.3 Å². The molecular formula is C16H27N3O. The molecule has 3 N–H and O–H groups in total. The third kappa shape index (κ3) is 3.78. The first-order valence-electron chi connectivity index (χ1n) is 7.77. The molecule has 1 aromatic rings. The molecule has 3 atom stereocenters. The van der Waals surface area contributed by atoms with E-state index in [9.17, 15) is 0 Å². The van der Waals surface area contributed by atoms with E-state index in [1.807, 2.05) is 18.3 Å². The summed E-state index contributed by atoms with van der Waals surface area (Å²) in [7, 11) is 0. The summed E-state index contributed by atoms with van der Waals surface area (Å²) in [4.78, 5) is 7.00. The van der Waals surface area contributed by atoms with Gasteiger partial charge in [-0.15, -0.1) is 0 Å². The van der Waals surface area contributed by atoms with E-state index in [-0.39, 0.29) is 18.7 Å². The molecule has 3 unspecified atom stereocenters. The van der Waals surface area contributed by atoms with Crippen LogP contribution in [0.4, 0.5) is 0 Å². The summed E-state index contributed by atoms with van der Waals surface area (Å²) in [6, 6.07) is 6.37. The van der Waals surface area contributed by atoms with E-state index in [4.69, 9.17) is 10.8 Å². The predicted molar refractivity (Wildman–Crippen MR) is 81.2 cm³/mol. The molecule has 2 heterocycles. The van der Waals surface area contributed by atoms with Gasteiger partial charge in [0.1, 0.15) is 0 Å². The number of piperidine rings is 1. The third-order valence-electron chi connectivity index (χ3n) is 4.35. The Bertz CT molecular complexity index is 383. The maximum atomic E-state index is 9.16. The minimum atomic E-state index is 0.109. The van der Waals surface area contributed by atoms with Gasteiger partial charge in [0.15, 0.2) is 0 Å². The Kier molecular flexibility index (Phi) is 5.95. The highest BCUT2D eigenvalue weighted by Crippen LogP contribution is 2.29. The number of aliphatic hydroxyl groups excluding tert-OH is 1. The average molecular weight is 277 g/mol. The molecule has 1 aliphatic rings. The summed E-state index contributed by atoms with van der Waals surface area (Å²) in [6.45, 7) is 4.52. The number of likely N-dealkylation sites (tertiary alicyclic amines) is 1. The van der Waals surface area contributed by atoms with Gasteiger partial charge in [0.2, 0.25) is 0 Å². The quantitative estimate of drug-likeness (QED) is 0.834. The van der Waals surface area contributed by atoms with Crippen LogP contribution in [0, 0.1) is 5.92 Å². The van der Waals surface area contributed by atoms with Crippen LogP contribution >= 0.6 is 0 Å². The van der Waals surface area contributed by atoms with Crippen molar-refractivity contribution in [1.82, 2.24) is 9.88 Å². The van der Waals surface area contributed by atoms with E-state index in [0.29, 0.717) is 5.92 Å². The number of nitrogens with two attached hydrogens (primary N) is 1. The molecular weight excluding hydrogens is 250 g/mol. The largest absolute Gasteiger partial charge is 0.396 e. The lowest BCUT2D eigenvalue weighted by Crippen LogP contribution is -2.46. The Labute approximate surface area is 122 Å². The van der Waals surface area contributed by atoms with E-state index in [0.717, 1.165) is 31.6 Å². The monoisotopic (exact) mass is 277 g/mol.